The summed E-state index contributed by atoms with van der Waals surface area (Å²) in [5, 5.41) is 8.74. The highest BCUT2D eigenvalue weighted by Gasteiger charge is 2.33. The van der Waals surface area contributed by atoms with E-state index in [0.29, 0.717) is 30.1 Å². The number of hydrogen-bond donors (Lipinski definition) is 0. The zero-order chi connectivity index (χ0) is 17.1. The Balaban J connectivity index is 1.53. The SMILES string of the molecule is CN(C)c1ccc(C(=O)N2CC(Oc3ccc(C#N)cn3)C2)cc1. The lowest BCUT2D eigenvalue weighted by atomic mass is 10.1. The highest BCUT2D eigenvalue weighted by atomic mass is 16.5. The second-order valence-corrected chi connectivity index (χ2v) is 5.89. The Morgan fingerprint density at radius 1 is 1.25 bits per heavy atom. The van der Waals surface area contributed by atoms with Gasteiger partial charge in [0.2, 0.25) is 5.88 Å². The number of carbonyl (C=O) groups excluding carboxylic acids is 1. The minimum atomic E-state index is -0.0598. The van der Waals surface area contributed by atoms with Crippen molar-refractivity contribution in [2.75, 3.05) is 32.1 Å². The lowest BCUT2D eigenvalue weighted by Crippen LogP contribution is -2.56. The Hall–Kier alpha value is -3.07. The van der Waals surface area contributed by atoms with Crippen molar-refractivity contribution in [1.82, 2.24) is 9.88 Å². The predicted molar refractivity (Wildman–Crippen MR) is 90.0 cm³/mol. The molecule has 2 aromatic rings. The highest BCUT2D eigenvalue weighted by Crippen LogP contribution is 2.20. The van der Waals surface area contributed by atoms with Gasteiger partial charge in [-0.15, -0.1) is 0 Å². The molecule has 2 heterocycles. The van der Waals surface area contributed by atoms with Crippen LogP contribution in [0.5, 0.6) is 5.88 Å². The summed E-state index contributed by atoms with van der Waals surface area (Å²) < 4.78 is 5.70. The standard InChI is InChI=1S/C18H18N4O2/c1-21(2)15-6-4-14(5-7-15)18(23)22-11-16(12-22)24-17-8-3-13(9-19)10-20-17/h3-8,10,16H,11-12H2,1-2H3. The van der Waals surface area contributed by atoms with Gasteiger partial charge in [-0.2, -0.15) is 5.26 Å². The summed E-state index contributed by atoms with van der Waals surface area (Å²) in [5.41, 5.74) is 2.23. The van der Waals surface area contributed by atoms with Crippen LogP contribution in [0.15, 0.2) is 42.6 Å². The number of benzene rings is 1. The quantitative estimate of drug-likeness (QED) is 0.860. The summed E-state index contributed by atoms with van der Waals surface area (Å²) in [4.78, 5) is 20.2. The van der Waals surface area contributed by atoms with Gasteiger partial charge in [0, 0.05) is 37.6 Å². The number of hydrogen-bond acceptors (Lipinski definition) is 5. The molecule has 1 amide bonds. The molecule has 0 saturated carbocycles. The minimum absolute atomic E-state index is 0.00736. The Morgan fingerprint density at radius 3 is 2.50 bits per heavy atom. The Labute approximate surface area is 140 Å². The van der Waals surface area contributed by atoms with Gasteiger partial charge in [-0.25, -0.2) is 4.98 Å². The molecule has 6 nitrogen and oxygen atoms in total. The topological polar surface area (TPSA) is 69.5 Å². The van der Waals surface area contributed by atoms with Crippen LogP contribution >= 0.6 is 0 Å². The molecule has 1 aromatic carbocycles. The number of anilines is 1. The van der Waals surface area contributed by atoms with Crippen molar-refractivity contribution in [2.45, 2.75) is 6.10 Å². The minimum Gasteiger partial charge on any atom is -0.471 e. The smallest absolute Gasteiger partial charge is 0.254 e. The first-order chi connectivity index (χ1) is 11.6. The average molecular weight is 322 g/mol. The van der Waals surface area contributed by atoms with Gasteiger partial charge in [0.25, 0.3) is 5.91 Å². The Kier molecular flexibility index (Phi) is 4.34. The summed E-state index contributed by atoms with van der Waals surface area (Å²) in [6.07, 6.45) is 1.42. The molecule has 1 saturated heterocycles. The van der Waals surface area contributed by atoms with Gasteiger partial charge in [-0.05, 0) is 30.3 Å². The number of carbonyl (C=O) groups is 1. The molecule has 6 heteroatoms. The molecule has 0 spiro atoms. The van der Waals surface area contributed by atoms with Crippen LogP contribution in [-0.4, -0.2) is 49.1 Å². The van der Waals surface area contributed by atoms with E-state index in [0.717, 1.165) is 5.69 Å². The number of aromatic nitrogens is 1. The third kappa shape index (κ3) is 3.30. The molecule has 1 aliphatic rings. The molecule has 3 rings (SSSR count). The fraction of sp³-hybridized carbons (Fsp3) is 0.278. The van der Waals surface area contributed by atoms with Crippen molar-refractivity contribution in [2.24, 2.45) is 0 Å². The van der Waals surface area contributed by atoms with Crippen molar-refractivity contribution in [3.05, 3.63) is 53.7 Å². The van der Waals surface area contributed by atoms with E-state index >= 15 is 0 Å². The Morgan fingerprint density at radius 2 is 1.96 bits per heavy atom. The number of nitriles is 1. The van der Waals surface area contributed by atoms with Crippen LogP contribution in [0.25, 0.3) is 0 Å². The summed E-state index contributed by atoms with van der Waals surface area (Å²) >= 11 is 0. The number of nitrogens with zero attached hydrogens (tertiary/aromatic N) is 4. The van der Waals surface area contributed by atoms with Crippen LogP contribution in [0.1, 0.15) is 15.9 Å². The molecule has 122 valence electrons. The molecule has 1 aromatic heterocycles. The highest BCUT2D eigenvalue weighted by molar-refractivity contribution is 5.95. The molecule has 0 aliphatic carbocycles. The second-order valence-electron chi connectivity index (χ2n) is 5.89. The lowest BCUT2D eigenvalue weighted by Gasteiger charge is -2.38. The first-order valence-electron chi connectivity index (χ1n) is 7.66. The van der Waals surface area contributed by atoms with Crippen molar-refractivity contribution in [3.8, 4) is 11.9 Å². The molecule has 0 unspecified atom stereocenters. The molecule has 0 atom stereocenters. The molecule has 0 bridgehead atoms. The third-order valence-corrected chi connectivity index (χ3v) is 3.92. The number of ether oxygens (including phenoxy) is 1. The summed E-state index contributed by atoms with van der Waals surface area (Å²) in [6.45, 7) is 1.08. The molecular formula is C18H18N4O2. The van der Waals surface area contributed by atoms with E-state index in [1.807, 2.05) is 49.3 Å². The monoisotopic (exact) mass is 322 g/mol. The second kappa shape index (κ2) is 6.59. The van der Waals surface area contributed by atoms with Gasteiger partial charge in [0.15, 0.2) is 0 Å². The van der Waals surface area contributed by atoms with Crippen molar-refractivity contribution < 1.29 is 9.53 Å². The first kappa shape index (κ1) is 15.8. The summed E-state index contributed by atoms with van der Waals surface area (Å²) in [6, 6.07) is 12.9. The van der Waals surface area contributed by atoms with Crippen molar-refractivity contribution >= 4 is 11.6 Å². The first-order valence-corrected chi connectivity index (χ1v) is 7.66. The molecule has 1 aliphatic heterocycles. The fourth-order valence-electron chi connectivity index (χ4n) is 2.45. The van der Waals surface area contributed by atoms with E-state index < -0.39 is 0 Å². The van der Waals surface area contributed by atoms with Gasteiger partial charge in [0.05, 0.1) is 18.7 Å². The molecule has 24 heavy (non-hydrogen) atoms. The Bertz CT molecular complexity index is 757. The van der Waals surface area contributed by atoms with Gasteiger partial charge in [-0.3, -0.25) is 4.79 Å². The number of pyridine rings is 1. The van der Waals surface area contributed by atoms with Gasteiger partial charge < -0.3 is 14.5 Å². The average Bonchev–Trinajstić information content (AvgIpc) is 2.58. The van der Waals surface area contributed by atoms with Crippen LogP contribution in [0.3, 0.4) is 0 Å². The van der Waals surface area contributed by atoms with Crippen LogP contribution in [-0.2, 0) is 0 Å². The largest absolute Gasteiger partial charge is 0.471 e. The van der Waals surface area contributed by atoms with Crippen molar-refractivity contribution in [1.29, 1.82) is 5.26 Å². The lowest BCUT2D eigenvalue weighted by molar-refractivity contribution is 0.0160. The van der Waals surface area contributed by atoms with Gasteiger partial charge in [0.1, 0.15) is 12.2 Å². The van der Waals surface area contributed by atoms with Crippen LogP contribution in [0, 0.1) is 11.3 Å². The molecular weight excluding hydrogens is 304 g/mol. The van der Waals surface area contributed by atoms with E-state index in [1.54, 1.807) is 17.0 Å². The van der Waals surface area contributed by atoms with E-state index in [-0.39, 0.29) is 12.0 Å². The number of likely N-dealkylation sites (tertiary alicyclic amines) is 1. The predicted octanol–water partition coefficient (Wildman–Crippen LogP) is 1.92. The molecule has 1 fully saturated rings. The zero-order valence-corrected chi connectivity index (χ0v) is 13.6. The zero-order valence-electron chi connectivity index (χ0n) is 13.6. The van der Waals surface area contributed by atoms with E-state index in [1.165, 1.54) is 6.20 Å². The molecule has 0 radical (unpaired) electrons. The normalized spacial score (nSPS) is 13.8. The summed E-state index contributed by atoms with van der Waals surface area (Å²) in [5.74, 6) is 0.481. The maximum Gasteiger partial charge on any atom is 0.254 e. The van der Waals surface area contributed by atoms with E-state index in [2.05, 4.69) is 4.98 Å². The van der Waals surface area contributed by atoms with Gasteiger partial charge >= 0.3 is 0 Å². The van der Waals surface area contributed by atoms with Crippen LogP contribution in [0.2, 0.25) is 0 Å². The fourth-order valence-corrected chi connectivity index (χ4v) is 2.45. The summed E-state index contributed by atoms with van der Waals surface area (Å²) in [7, 11) is 3.93. The molecule has 0 N–H and O–H groups in total. The third-order valence-electron chi connectivity index (χ3n) is 3.92. The van der Waals surface area contributed by atoms with Crippen LogP contribution in [0.4, 0.5) is 5.69 Å². The van der Waals surface area contributed by atoms with Gasteiger partial charge in [-0.1, -0.05) is 0 Å². The van der Waals surface area contributed by atoms with Crippen molar-refractivity contribution in [3.63, 3.8) is 0 Å². The van der Waals surface area contributed by atoms with E-state index in [4.69, 9.17) is 10.00 Å². The van der Waals surface area contributed by atoms with Crippen LogP contribution < -0.4 is 9.64 Å². The maximum absolute atomic E-state index is 12.4. The number of rotatable bonds is 4. The maximum atomic E-state index is 12.4. The van der Waals surface area contributed by atoms with E-state index in [9.17, 15) is 4.79 Å². The number of amides is 1.